The number of carbonyl (C=O) groups is 2. The Labute approximate surface area is 157 Å². The minimum atomic E-state index is -0.829. The van der Waals surface area contributed by atoms with E-state index in [9.17, 15) is 14.4 Å². The summed E-state index contributed by atoms with van der Waals surface area (Å²) in [7, 11) is 0. The lowest BCUT2D eigenvalue weighted by Gasteiger charge is -2.11. The molecule has 0 saturated carbocycles. The number of hydrogen-bond acceptors (Lipinski definition) is 9. The number of aromatic amines is 1. The monoisotopic (exact) mass is 388 g/mol. The molecule has 3 aromatic heterocycles. The highest BCUT2D eigenvalue weighted by Crippen LogP contribution is 2.28. The third-order valence-corrected chi connectivity index (χ3v) is 4.89. The van der Waals surface area contributed by atoms with Crippen LogP contribution in [0.25, 0.3) is 10.2 Å². The molecule has 9 nitrogen and oxygen atoms in total. The first kappa shape index (κ1) is 18.6. The summed E-state index contributed by atoms with van der Waals surface area (Å²) in [5.74, 6) is -1.02. The maximum atomic E-state index is 12.5. The average Bonchev–Trinajstić information content (AvgIpc) is 2.99. The smallest absolute Gasteiger partial charge is 0.359 e. The van der Waals surface area contributed by atoms with Crippen LogP contribution in [0.5, 0.6) is 0 Å². The third-order valence-electron chi connectivity index (χ3n) is 3.72. The summed E-state index contributed by atoms with van der Waals surface area (Å²) in [6.07, 6.45) is 3.26. The van der Waals surface area contributed by atoms with Gasteiger partial charge in [0.25, 0.3) is 5.56 Å². The highest BCUT2D eigenvalue weighted by molar-refractivity contribution is 7.20. The number of carbonyl (C=O) groups excluding carboxylic acids is 2. The van der Waals surface area contributed by atoms with Crippen molar-refractivity contribution in [2.75, 3.05) is 6.61 Å². The Morgan fingerprint density at radius 2 is 2.07 bits per heavy atom. The summed E-state index contributed by atoms with van der Waals surface area (Å²) in [5, 5.41) is 0.319. The molecular formula is C17H16N4O5S. The molecule has 3 heterocycles. The third kappa shape index (κ3) is 3.70. The van der Waals surface area contributed by atoms with Crippen LogP contribution in [-0.2, 0) is 9.47 Å². The van der Waals surface area contributed by atoms with E-state index in [1.807, 2.05) is 0 Å². The van der Waals surface area contributed by atoms with Crippen LogP contribution < -0.4 is 5.56 Å². The molecule has 0 spiro atoms. The zero-order chi connectivity index (χ0) is 19.6. The van der Waals surface area contributed by atoms with Crippen LogP contribution in [0.1, 0.15) is 51.5 Å². The molecule has 10 heteroatoms. The van der Waals surface area contributed by atoms with E-state index in [-0.39, 0.29) is 18.1 Å². The van der Waals surface area contributed by atoms with Gasteiger partial charge >= 0.3 is 11.9 Å². The summed E-state index contributed by atoms with van der Waals surface area (Å²) in [6.45, 7) is 5.18. The number of nitrogens with zero attached hydrogens (tertiary/aromatic N) is 3. The lowest BCUT2D eigenvalue weighted by Crippen LogP contribution is -2.17. The fourth-order valence-electron chi connectivity index (χ4n) is 2.43. The van der Waals surface area contributed by atoms with Gasteiger partial charge in [-0.1, -0.05) is 0 Å². The van der Waals surface area contributed by atoms with E-state index in [1.54, 1.807) is 20.8 Å². The van der Waals surface area contributed by atoms with Gasteiger partial charge < -0.3 is 14.5 Å². The van der Waals surface area contributed by atoms with E-state index >= 15 is 0 Å². The SMILES string of the molecule is CCOC(=O)c1sc2nc([C@H](C)OC(=O)c3cnccn3)[nH]c(=O)c2c1C. The largest absolute Gasteiger partial charge is 0.462 e. The Bertz CT molecular complexity index is 1060. The van der Waals surface area contributed by atoms with Gasteiger partial charge in [0.05, 0.1) is 18.2 Å². The first-order chi connectivity index (χ1) is 12.9. The number of ether oxygens (including phenoxy) is 2. The molecule has 0 aliphatic carbocycles. The van der Waals surface area contributed by atoms with Crippen LogP contribution >= 0.6 is 11.3 Å². The second-order valence-corrected chi connectivity index (χ2v) is 6.55. The van der Waals surface area contributed by atoms with Crippen molar-refractivity contribution >= 4 is 33.5 Å². The van der Waals surface area contributed by atoms with Gasteiger partial charge in [0.1, 0.15) is 9.71 Å². The van der Waals surface area contributed by atoms with Crippen molar-refractivity contribution in [3.8, 4) is 0 Å². The molecule has 1 N–H and O–H groups in total. The molecule has 0 bridgehead atoms. The molecule has 0 unspecified atom stereocenters. The first-order valence-electron chi connectivity index (χ1n) is 8.09. The Morgan fingerprint density at radius 1 is 1.30 bits per heavy atom. The number of hydrogen-bond donors (Lipinski definition) is 1. The van der Waals surface area contributed by atoms with Crippen LogP contribution in [0.3, 0.4) is 0 Å². The fourth-order valence-corrected chi connectivity index (χ4v) is 3.51. The van der Waals surface area contributed by atoms with Gasteiger partial charge in [-0.15, -0.1) is 11.3 Å². The second-order valence-electron chi connectivity index (χ2n) is 5.55. The maximum absolute atomic E-state index is 12.5. The van der Waals surface area contributed by atoms with Gasteiger partial charge in [-0.05, 0) is 26.3 Å². The molecule has 27 heavy (non-hydrogen) atoms. The molecule has 0 aromatic carbocycles. The minimum absolute atomic E-state index is 0.0457. The van der Waals surface area contributed by atoms with E-state index in [0.717, 1.165) is 11.3 Å². The molecule has 0 aliphatic rings. The van der Waals surface area contributed by atoms with Crippen molar-refractivity contribution in [2.45, 2.75) is 26.9 Å². The second kappa shape index (κ2) is 7.62. The number of fused-ring (bicyclic) bond motifs is 1. The topological polar surface area (TPSA) is 124 Å². The fraction of sp³-hybridized carbons (Fsp3) is 0.294. The van der Waals surface area contributed by atoms with Crippen molar-refractivity contribution in [1.29, 1.82) is 0 Å². The van der Waals surface area contributed by atoms with Crippen LogP contribution in [0.4, 0.5) is 0 Å². The predicted octanol–water partition coefficient (Wildman–Crippen LogP) is 2.18. The van der Waals surface area contributed by atoms with Crippen LogP contribution in [0.15, 0.2) is 23.4 Å². The average molecular weight is 388 g/mol. The van der Waals surface area contributed by atoms with Crippen LogP contribution in [-0.4, -0.2) is 38.5 Å². The number of rotatable bonds is 5. The van der Waals surface area contributed by atoms with Gasteiger partial charge in [0.15, 0.2) is 17.6 Å². The summed E-state index contributed by atoms with van der Waals surface area (Å²) in [6, 6.07) is 0. The van der Waals surface area contributed by atoms with Crippen LogP contribution in [0.2, 0.25) is 0 Å². The molecule has 0 aliphatic heterocycles. The van der Waals surface area contributed by atoms with E-state index in [1.165, 1.54) is 18.6 Å². The molecule has 3 rings (SSSR count). The molecule has 0 radical (unpaired) electrons. The lowest BCUT2D eigenvalue weighted by molar-refractivity contribution is 0.0312. The van der Waals surface area contributed by atoms with Gasteiger partial charge in [-0.2, -0.15) is 0 Å². The predicted molar refractivity (Wildman–Crippen MR) is 96.8 cm³/mol. The summed E-state index contributed by atoms with van der Waals surface area (Å²) in [5.41, 5.74) is 0.143. The molecular weight excluding hydrogens is 372 g/mol. The van der Waals surface area contributed by atoms with Gasteiger partial charge in [0.2, 0.25) is 0 Å². The van der Waals surface area contributed by atoms with E-state index in [0.29, 0.717) is 20.7 Å². The summed E-state index contributed by atoms with van der Waals surface area (Å²) in [4.78, 5) is 51.9. The summed E-state index contributed by atoms with van der Waals surface area (Å²) >= 11 is 1.06. The van der Waals surface area contributed by atoms with Crippen molar-refractivity contribution < 1.29 is 19.1 Å². The Balaban J connectivity index is 1.92. The lowest BCUT2D eigenvalue weighted by atomic mass is 10.2. The molecule has 3 aromatic rings. The van der Waals surface area contributed by atoms with E-state index in [2.05, 4.69) is 19.9 Å². The maximum Gasteiger partial charge on any atom is 0.359 e. The Morgan fingerprint density at radius 3 is 2.74 bits per heavy atom. The molecule has 0 amide bonds. The number of aryl methyl sites for hydroxylation is 1. The molecule has 1 atom stereocenters. The summed E-state index contributed by atoms with van der Waals surface area (Å²) < 4.78 is 10.3. The normalized spacial score (nSPS) is 12.0. The van der Waals surface area contributed by atoms with Gasteiger partial charge in [0, 0.05) is 12.4 Å². The van der Waals surface area contributed by atoms with Crippen molar-refractivity contribution in [3.05, 3.63) is 50.9 Å². The Hall–Kier alpha value is -3.14. The number of aromatic nitrogens is 4. The van der Waals surface area contributed by atoms with Gasteiger partial charge in [-0.3, -0.25) is 9.78 Å². The standard InChI is InChI=1S/C17H16N4O5S/c1-4-25-17(24)12-8(2)11-14(22)20-13(21-15(11)27-12)9(3)26-16(23)10-7-18-5-6-19-10/h5-7,9H,4H2,1-3H3,(H,20,21,22)/t9-/m0/s1. The quantitative estimate of drug-likeness (QED) is 0.660. The molecule has 140 valence electrons. The van der Waals surface area contributed by atoms with E-state index < -0.39 is 23.6 Å². The number of nitrogens with one attached hydrogen (secondary N) is 1. The highest BCUT2D eigenvalue weighted by atomic mass is 32.1. The van der Waals surface area contributed by atoms with Crippen molar-refractivity contribution in [1.82, 2.24) is 19.9 Å². The number of esters is 2. The number of H-pyrrole nitrogens is 1. The Kier molecular flexibility index (Phi) is 5.26. The van der Waals surface area contributed by atoms with Crippen molar-refractivity contribution in [2.24, 2.45) is 0 Å². The van der Waals surface area contributed by atoms with Gasteiger partial charge in [-0.25, -0.2) is 19.6 Å². The van der Waals surface area contributed by atoms with Crippen LogP contribution in [0, 0.1) is 6.92 Å². The molecule has 0 fully saturated rings. The van der Waals surface area contributed by atoms with Crippen molar-refractivity contribution in [3.63, 3.8) is 0 Å². The highest BCUT2D eigenvalue weighted by Gasteiger charge is 2.23. The molecule has 0 saturated heterocycles. The minimum Gasteiger partial charge on any atom is -0.462 e. The van der Waals surface area contributed by atoms with E-state index in [4.69, 9.17) is 9.47 Å². The zero-order valence-electron chi connectivity index (χ0n) is 14.8. The number of thiophene rings is 1. The first-order valence-corrected chi connectivity index (χ1v) is 8.91. The zero-order valence-corrected chi connectivity index (χ0v) is 15.6.